The maximum absolute atomic E-state index is 13.0. The van der Waals surface area contributed by atoms with Gasteiger partial charge in [0.1, 0.15) is 24.4 Å². The lowest BCUT2D eigenvalue weighted by Gasteiger charge is -2.40. The summed E-state index contributed by atoms with van der Waals surface area (Å²) in [6.45, 7) is 4.36. The Labute approximate surface area is 511 Å². The first-order valence-corrected chi connectivity index (χ1v) is 36.1. The number of unbranched alkanes of at least 4 members (excludes halogenated alkanes) is 48. The van der Waals surface area contributed by atoms with Gasteiger partial charge in [0.05, 0.1) is 32.0 Å². The van der Waals surface area contributed by atoms with Crippen molar-refractivity contribution < 1.29 is 49.3 Å². The second-order valence-corrected chi connectivity index (χ2v) is 25.3. The standard InChI is InChI=1S/C72H137NO10/c1-3-5-7-9-11-13-14-15-37-40-44-48-52-56-60-68(77)81-61-57-53-49-45-41-38-35-33-31-29-27-25-23-21-19-17-16-18-20-22-24-26-28-30-32-34-36-39-43-47-51-55-59-67(76)73-64(65(75)58-54-50-46-42-12-10-8-6-4-2)63-82-72-71(80)70(79)69(78)66(62-74)83-72/h19,21,54,58,64-66,69-72,74-75,78-80H,3-18,20,22-53,55-57,59-63H2,1-2H3,(H,73,76)/b21-19-,58-54+. The minimum absolute atomic E-state index is 0.0134. The van der Waals surface area contributed by atoms with E-state index in [2.05, 4.69) is 31.3 Å². The van der Waals surface area contributed by atoms with Crippen LogP contribution in [0.25, 0.3) is 0 Å². The summed E-state index contributed by atoms with van der Waals surface area (Å²) in [5, 5.41) is 54.3. The van der Waals surface area contributed by atoms with Gasteiger partial charge in [-0.1, -0.05) is 314 Å². The monoisotopic (exact) mass is 1180 g/mol. The number of hydrogen-bond donors (Lipinski definition) is 6. The Hall–Kier alpha value is -1.86. The largest absolute Gasteiger partial charge is 0.466 e. The lowest BCUT2D eigenvalue weighted by atomic mass is 9.99. The summed E-state index contributed by atoms with van der Waals surface area (Å²) in [7, 11) is 0. The number of esters is 1. The Morgan fingerprint density at radius 1 is 0.434 bits per heavy atom. The second-order valence-electron chi connectivity index (χ2n) is 25.3. The zero-order valence-corrected chi connectivity index (χ0v) is 54.4. The summed E-state index contributed by atoms with van der Waals surface area (Å²) in [5.74, 6) is -0.166. The molecule has 1 fully saturated rings. The highest BCUT2D eigenvalue weighted by Crippen LogP contribution is 2.23. The number of hydrogen-bond acceptors (Lipinski definition) is 10. The Bertz CT molecular complexity index is 1430. The Kier molecular flexibility index (Phi) is 58.9. The van der Waals surface area contributed by atoms with E-state index in [1.807, 2.05) is 6.08 Å². The molecule has 1 amide bonds. The van der Waals surface area contributed by atoms with Crippen molar-refractivity contribution in [1.29, 1.82) is 0 Å². The quantitative estimate of drug-likeness (QED) is 0.0195. The predicted octanol–water partition coefficient (Wildman–Crippen LogP) is 18.4. The first-order chi connectivity index (χ1) is 40.7. The van der Waals surface area contributed by atoms with E-state index in [0.29, 0.717) is 19.4 Å². The molecule has 7 unspecified atom stereocenters. The van der Waals surface area contributed by atoms with E-state index in [4.69, 9.17) is 14.2 Å². The first kappa shape index (κ1) is 79.2. The van der Waals surface area contributed by atoms with Crippen LogP contribution >= 0.6 is 0 Å². The molecule has 1 aliphatic heterocycles. The lowest BCUT2D eigenvalue weighted by molar-refractivity contribution is -0.302. The van der Waals surface area contributed by atoms with Crippen LogP contribution in [0.2, 0.25) is 0 Å². The third-order valence-electron chi connectivity index (χ3n) is 17.3. The lowest BCUT2D eigenvalue weighted by Crippen LogP contribution is -2.60. The topological polar surface area (TPSA) is 175 Å². The molecular weight excluding hydrogens is 1040 g/mol. The summed E-state index contributed by atoms with van der Waals surface area (Å²) < 4.78 is 16.7. The number of aliphatic hydroxyl groups excluding tert-OH is 5. The van der Waals surface area contributed by atoms with E-state index in [0.717, 1.165) is 51.4 Å². The maximum atomic E-state index is 13.0. The number of allylic oxidation sites excluding steroid dienone is 3. The molecule has 0 saturated carbocycles. The van der Waals surface area contributed by atoms with Gasteiger partial charge in [-0.25, -0.2) is 0 Å². The highest BCUT2D eigenvalue weighted by atomic mass is 16.7. The molecule has 1 rings (SSSR count). The molecule has 0 aromatic heterocycles. The average molecular weight is 1180 g/mol. The van der Waals surface area contributed by atoms with E-state index in [1.165, 1.54) is 283 Å². The van der Waals surface area contributed by atoms with Gasteiger partial charge in [0.25, 0.3) is 0 Å². The van der Waals surface area contributed by atoms with Gasteiger partial charge in [-0.05, 0) is 57.8 Å². The van der Waals surface area contributed by atoms with Crippen LogP contribution in [-0.4, -0.2) is 100 Å². The van der Waals surface area contributed by atoms with Crippen molar-refractivity contribution in [2.24, 2.45) is 0 Å². The fourth-order valence-electron chi connectivity index (χ4n) is 11.6. The Morgan fingerprint density at radius 2 is 0.771 bits per heavy atom. The summed E-state index contributed by atoms with van der Waals surface area (Å²) in [6, 6.07) is -0.806. The van der Waals surface area contributed by atoms with E-state index in [1.54, 1.807) is 6.08 Å². The van der Waals surface area contributed by atoms with Crippen LogP contribution in [0.15, 0.2) is 24.3 Å². The van der Waals surface area contributed by atoms with Crippen LogP contribution in [0.1, 0.15) is 361 Å². The van der Waals surface area contributed by atoms with Crippen molar-refractivity contribution >= 4 is 11.9 Å². The van der Waals surface area contributed by atoms with Gasteiger partial charge in [0.15, 0.2) is 6.29 Å². The molecule has 0 aromatic carbocycles. The third kappa shape index (κ3) is 50.8. The molecule has 490 valence electrons. The van der Waals surface area contributed by atoms with Crippen molar-refractivity contribution in [3.8, 4) is 0 Å². The minimum Gasteiger partial charge on any atom is -0.466 e. The van der Waals surface area contributed by atoms with Crippen LogP contribution in [0.3, 0.4) is 0 Å². The van der Waals surface area contributed by atoms with Gasteiger partial charge in [0, 0.05) is 12.8 Å². The summed E-state index contributed by atoms with van der Waals surface area (Å²) in [5.41, 5.74) is 0. The molecule has 0 aliphatic carbocycles. The zero-order chi connectivity index (χ0) is 60.2. The fourth-order valence-corrected chi connectivity index (χ4v) is 11.6. The number of amides is 1. The van der Waals surface area contributed by atoms with Crippen molar-refractivity contribution in [2.75, 3.05) is 19.8 Å². The minimum atomic E-state index is -1.57. The van der Waals surface area contributed by atoms with Crippen molar-refractivity contribution in [3.05, 3.63) is 24.3 Å². The summed E-state index contributed by atoms with van der Waals surface area (Å²) >= 11 is 0. The van der Waals surface area contributed by atoms with Crippen LogP contribution in [0.5, 0.6) is 0 Å². The van der Waals surface area contributed by atoms with Crippen LogP contribution in [0, 0.1) is 0 Å². The summed E-state index contributed by atoms with van der Waals surface area (Å²) in [4.78, 5) is 25.1. The molecule has 6 N–H and O–H groups in total. The molecule has 0 radical (unpaired) electrons. The van der Waals surface area contributed by atoms with Crippen LogP contribution < -0.4 is 5.32 Å². The Morgan fingerprint density at radius 3 is 1.16 bits per heavy atom. The van der Waals surface area contributed by atoms with Gasteiger partial charge >= 0.3 is 5.97 Å². The molecule has 1 saturated heterocycles. The third-order valence-corrected chi connectivity index (χ3v) is 17.3. The van der Waals surface area contributed by atoms with Gasteiger partial charge < -0.3 is 45.1 Å². The number of carbonyl (C=O) groups is 2. The van der Waals surface area contributed by atoms with Gasteiger partial charge in [-0.15, -0.1) is 0 Å². The molecule has 0 aromatic rings. The molecule has 1 heterocycles. The molecule has 11 heteroatoms. The van der Waals surface area contributed by atoms with Gasteiger partial charge in [-0.3, -0.25) is 9.59 Å². The number of nitrogens with one attached hydrogen (secondary N) is 1. The van der Waals surface area contributed by atoms with E-state index < -0.39 is 49.5 Å². The number of carbonyl (C=O) groups excluding carboxylic acids is 2. The second kappa shape index (κ2) is 61.8. The number of aliphatic hydroxyl groups is 5. The molecule has 7 atom stereocenters. The van der Waals surface area contributed by atoms with Crippen LogP contribution in [-0.2, 0) is 23.8 Å². The van der Waals surface area contributed by atoms with Gasteiger partial charge in [0.2, 0.25) is 5.91 Å². The normalized spacial score (nSPS) is 18.2. The molecule has 0 spiro atoms. The van der Waals surface area contributed by atoms with Crippen molar-refractivity contribution in [2.45, 2.75) is 403 Å². The molecule has 0 bridgehead atoms. The smallest absolute Gasteiger partial charge is 0.305 e. The molecule has 83 heavy (non-hydrogen) atoms. The molecule has 1 aliphatic rings. The SMILES string of the molecule is CCCCCCCCC/C=C/C(O)C(COC1OC(CO)C(O)C(O)C1O)NC(=O)CCCCCCCCCCCCCCCCCC/C=C\CCCCCCCCCCCCCCOC(=O)CCCCCCCCCCCCCCCC. The first-order valence-electron chi connectivity index (χ1n) is 36.1. The van der Waals surface area contributed by atoms with Crippen molar-refractivity contribution in [3.63, 3.8) is 0 Å². The van der Waals surface area contributed by atoms with E-state index >= 15 is 0 Å². The fraction of sp³-hybridized carbons (Fsp3) is 0.917. The Balaban J connectivity index is 1.90. The average Bonchev–Trinajstić information content (AvgIpc) is 3.55. The van der Waals surface area contributed by atoms with Crippen molar-refractivity contribution in [1.82, 2.24) is 5.32 Å². The van der Waals surface area contributed by atoms with Gasteiger partial charge in [-0.2, -0.15) is 0 Å². The molecular formula is C72H137NO10. The maximum Gasteiger partial charge on any atom is 0.305 e. The van der Waals surface area contributed by atoms with E-state index in [-0.39, 0.29) is 18.5 Å². The number of ether oxygens (including phenoxy) is 3. The summed E-state index contributed by atoms with van der Waals surface area (Å²) in [6.07, 6.45) is 67.7. The molecule has 11 nitrogen and oxygen atoms in total. The predicted molar refractivity (Wildman–Crippen MR) is 348 cm³/mol. The highest BCUT2D eigenvalue weighted by molar-refractivity contribution is 5.76. The highest BCUT2D eigenvalue weighted by Gasteiger charge is 2.44. The number of rotatable bonds is 64. The zero-order valence-electron chi connectivity index (χ0n) is 54.4. The van der Waals surface area contributed by atoms with E-state index in [9.17, 15) is 35.1 Å². The van der Waals surface area contributed by atoms with Crippen LogP contribution in [0.4, 0.5) is 0 Å².